The zero-order valence-electron chi connectivity index (χ0n) is 12.2. The van der Waals surface area contributed by atoms with Crippen molar-refractivity contribution < 1.29 is 19.4 Å². The van der Waals surface area contributed by atoms with E-state index in [4.69, 9.17) is 4.74 Å². The summed E-state index contributed by atoms with van der Waals surface area (Å²) >= 11 is 0. The number of rotatable bonds is 6. The van der Waals surface area contributed by atoms with Gasteiger partial charge in [0.05, 0.1) is 6.54 Å². The van der Waals surface area contributed by atoms with Gasteiger partial charge >= 0.3 is 5.97 Å². The largest absolute Gasteiger partial charge is 0.480 e. The van der Waals surface area contributed by atoms with Crippen LogP contribution >= 0.6 is 0 Å². The van der Waals surface area contributed by atoms with E-state index in [1.165, 1.54) is 4.90 Å². The van der Waals surface area contributed by atoms with Crippen LogP contribution < -0.4 is 0 Å². The van der Waals surface area contributed by atoms with E-state index in [1.807, 2.05) is 32.8 Å². The molecular formula is C13H24N2O4. The lowest BCUT2D eigenvalue weighted by Gasteiger charge is -2.47. The molecule has 6 nitrogen and oxygen atoms in total. The molecule has 1 fully saturated rings. The van der Waals surface area contributed by atoms with Gasteiger partial charge in [0, 0.05) is 0 Å². The second-order valence-electron chi connectivity index (χ2n) is 5.15. The molecular weight excluding hydrogens is 248 g/mol. The first-order chi connectivity index (χ1) is 8.88. The number of aliphatic carboxylic acids is 1. The molecule has 2 unspecified atom stereocenters. The van der Waals surface area contributed by atoms with Crippen LogP contribution in [0.1, 0.15) is 33.1 Å². The van der Waals surface area contributed by atoms with Crippen molar-refractivity contribution in [2.45, 2.75) is 44.9 Å². The van der Waals surface area contributed by atoms with Crippen molar-refractivity contribution in [1.82, 2.24) is 9.80 Å². The van der Waals surface area contributed by atoms with E-state index in [2.05, 4.69) is 0 Å². The van der Waals surface area contributed by atoms with Crippen LogP contribution in [0.2, 0.25) is 0 Å². The Hall–Kier alpha value is -1.14. The minimum atomic E-state index is -0.944. The molecule has 0 spiro atoms. The zero-order valence-corrected chi connectivity index (χ0v) is 12.2. The standard InChI is InChI=1S/C13H24N2O4/c1-5-7-10(12(17)18)15-9-13(6-2,14(3)4)19-8-11(15)16/h10H,5-9H2,1-4H3,(H,17,18). The number of hydrogen-bond acceptors (Lipinski definition) is 4. The Morgan fingerprint density at radius 1 is 1.53 bits per heavy atom. The predicted molar refractivity (Wildman–Crippen MR) is 70.7 cm³/mol. The van der Waals surface area contributed by atoms with E-state index >= 15 is 0 Å². The third-order valence-electron chi connectivity index (χ3n) is 3.79. The van der Waals surface area contributed by atoms with Crippen molar-refractivity contribution in [3.8, 4) is 0 Å². The van der Waals surface area contributed by atoms with Crippen molar-refractivity contribution >= 4 is 11.9 Å². The number of ether oxygens (including phenoxy) is 1. The Balaban J connectivity index is 2.97. The number of amides is 1. The minimum Gasteiger partial charge on any atom is -0.480 e. The third kappa shape index (κ3) is 3.25. The van der Waals surface area contributed by atoms with Gasteiger partial charge < -0.3 is 14.7 Å². The zero-order chi connectivity index (χ0) is 14.6. The van der Waals surface area contributed by atoms with E-state index in [1.54, 1.807) is 0 Å². The lowest BCUT2D eigenvalue weighted by molar-refractivity contribution is -0.202. The number of hydrogen-bond donors (Lipinski definition) is 1. The number of nitrogens with zero attached hydrogens (tertiary/aromatic N) is 2. The Kier molecular flexibility index (Phi) is 5.31. The third-order valence-corrected chi connectivity index (χ3v) is 3.79. The molecule has 0 radical (unpaired) electrons. The molecule has 0 aromatic heterocycles. The molecule has 1 aliphatic rings. The lowest BCUT2D eigenvalue weighted by Crippen LogP contribution is -2.64. The van der Waals surface area contributed by atoms with Gasteiger partial charge in [-0.05, 0) is 26.9 Å². The maximum atomic E-state index is 12.0. The molecule has 0 bridgehead atoms. The number of morpholine rings is 1. The van der Waals surface area contributed by atoms with Crippen LogP contribution in [-0.4, -0.2) is 65.8 Å². The second kappa shape index (κ2) is 6.34. The quantitative estimate of drug-likeness (QED) is 0.773. The summed E-state index contributed by atoms with van der Waals surface area (Å²) in [6.07, 6.45) is 1.89. The average Bonchev–Trinajstić information content (AvgIpc) is 2.36. The summed E-state index contributed by atoms with van der Waals surface area (Å²) < 4.78 is 5.67. The highest BCUT2D eigenvalue weighted by Crippen LogP contribution is 2.26. The summed E-state index contributed by atoms with van der Waals surface area (Å²) in [5.74, 6) is -1.19. The van der Waals surface area contributed by atoms with Crippen LogP contribution in [0.4, 0.5) is 0 Å². The summed E-state index contributed by atoms with van der Waals surface area (Å²) in [5.41, 5.74) is -0.588. The fourth-order valence-electron chi connectivity index (χ4n) is 2.45. The molecule has 2 atom stereocenters. The highest BCUT2D eigenvalue weighted by molar-refractivity contribution is 5.85. The van der Waals surface area contributed by atoms with Gasteiger partial charge in [0.2, 0.25) is 5.91 Å². The van der Waals surface area contributed by atoms with E-state index in [9.17, 15) is 14.7 Å². The first-order valence-corrected chi connectivity index (χ1v) is 6.71. The maximum Gasteiger partial charge on any atom is 0.326 e. The minimum absolute atomic E-state index is 0.0560. The van der Waals surface area contributed by atoms with Gasteiger partial charge in [0.15, 0.2) is 0 Å². The second-order valence-corrected chi connectivity index (χ2v) is 5.15. The van der Waals surface area contributed by atoms with Crippen LogP contribution in [-0.2, 0) is 14.3 Å². The molecule has 0 aromatic rings. The Bertz CT molecular complexity index is 346. The molecule has 19 heavy (non-hydrogen) atoms. The summed E-state index contributed by atoms with van der Waals surface area (Å²) in [4.78, 5) is 26.7. The van der Waals surface area contributed by atoms with Crippen molar-refractivity contribution in [3.05, 3.63) is 0 Å². The summed E-state index contributed by atoms with van der Waals surface area (Å²) in [7, 11) is 3.76. The van der Waals surface area contributed by atoms with E-state index in [0.717, 1.165) is 6.42 Å². The molecule has 1 heterocycles. The molecule has 1 saturated heterocycles. The molecule has 0 aliphatic carbocycles. The Morgan fingerprint density at radius 2 is 2.16 bits per heavy atom. The molecule has 1 amide bonds. The number of carbonyl (C=O) groups is 2. The summed E-state index contributed by atoms with van der Waals surface area (Å²) in [6, 6.07) is -0.757. The fraction of sp³-hybridized carbons (Fsp3) is 0.846. The first-order valence-electron chi connectivity index (χ1n) is 6.71. The molecule has 1 aliphatic heterocycles. The Labute approximate surface area is 114 Å². The molecule has 1 N–H and O–H groups in total. The Morgan fingerprint density at radius 3 is 2.58 bits per heavy atom. The van der Waals surface area contributed by atoms with Crippen LogP contribution in [0.25, 0.3) is 0 Å². The van der Waals surface area contributed by atoms with Gasteiger partial charge in [-0.2, -0.15) is 0 Å². The lowest BCUT2D eigenvalue weighted by atomic mass is 10.0. The number of likely N-dealkylation sites (N-methyl/N-ethyl adjacent to an activating group) is 1. The average molecular weight is 272 g/mol. The molecule has 6 heteroatoms. The SMILES string of the molecule is CCCC(C(=O)O)N1CC(CC)(N(C)C)OCC1=O. The summed E-state index contributed by atoms with van der Waals surface area (Å²) in [5, 5.41) is 9.31. The van der Waals surface area contributed by atoms with E-state index < -0.39 is 17.7 Å². The van der Waals surface area contributed by atoms with Gasteiger partial charge in [-0.25, -0.2) is 4.79 Å². The maximum absolute atomic E-state index is 12.0. The predicted octanol–water partition coefficient (Wildman–Crippen LogP) is 0.766. The highest BCUT2D eigenvalue weighted by Gasteiger charge is 2.44. The molecule has 110 valence electrons. The molecule has 1 rings (SSSR count). The smallest absolute Gasteiger partial charge is 0.326 e. The molecule has 0 saturated carbocycles. The van der Waals surface area contributed by atoms with E-state index in [0.29, 0.717) is 19.4 Å². The van der Waals surface area contributed by atoms with Crippen LogP contribution in [0.3, 0.4) is 0 Å². The van der Waals surface area contributed by atoms with Gasteiger partial charge in [0.25, 0.3) is 0 Å². The number of carbonyl (C=O) groups excluding carboxylic acids is 1. The van der Waals surface area contributed by atoms with Crippen LogP contribution in [0.15, 0.2) is 0 Å². The van der Waals surface area contributed by atoms with Gasteiger partial charge in [-0.15, -0.1) is 0 Å². The normalized spacial score (nSPS) is 25.7. The number of carboxylic acid groups (broad SMARTS) is 1. The monoisotopic (exact) mass is 272 g/mol. The van der Waals surface area contributed by atoms with Crippen LogP contribution in [0, 0.1) is 0 Å². The fourth-order valence-corrected chi connectivity index (χ4v) is 2.45. The van der Waals surface area contributed by atoms with Gasteiger partial charge in [-0.1, -0.05) is 20.3 Å². The highest BCUT2D eigenvalue weighted by atomic mass is 16.5. The first kappa shape index (κ1) is 15.9. The van der Waals surface area contributed by atoms with Gasteiger partial charge in [-0.3, -0.25) is 9.69 Å². The van der Waals surface area contributed by atoms with Crippen molar-refractivity contribution in [2.24, 2.45) is 0 Å². The topological polar surface area (TPSA) is 70.1 Å². The number of carboxylic acids is 1. The summed E-state index contributed by atoms with van der Waals surface area (Å²) in [6.45, 7) is 4.13. The molecule has 0 aromatic carbocycles. The van der Waals surface area contributed by atoms with E-state index in [-0.39, 0.29) is 12.5 Å². The van der Waals surface area contributed by atoms with Crippen molar-refractivity contribution in [2.75, 3.05) is 27.2 Å². The van der Waals surface area contributed by atoms with Crippen molar-refractivity contribution in [1.29, 1.82) is 0 Å². The van der Waals surface area contributed by atoms with Crippen molar-refractivity contribution in [3.63, 3.8) is 0 Å². The van der Waals surface area contributed by atoms with Gasteiger partial charge in [0.1, 0.15) is 18.4 Å². The van der Waals surface area contributed by atoms with Crippen LogP contribution in [0.5, 0.6) is 0 Å².